The van der Waals surface area contributed by atoms with Crippen LogP contribution in [0.1, 0.15) is 29.3 Å². The average Bonchev–Trinajstić information content (AvgIpc) is 3.02. The fourth-order valence-electron chi connectivity index (χ4n) is 2.85. The predicted molar refractivity (Wildman–Crippen MR) is 111 cm³/mol. The minimum absolute atomic E-state index is 0. The molecule has 0 saturated heterocycles. The van der Waals surface area contributed by atoms with Crippen molar-refractivity contribution in [2.24, 2.45) is 4.99 Å². The first kappa shape index (κ1) is 20.6. The third-order valence-corrected chi connectivity index (χ3v) is 4.17. The molecule has 8 nitrogen and oxygen atoms in total. The lowest BCUT2D eigenvalue weighted by Gasteiger charge is -2.25. The smallest absolute Gasteiger partial charge is 0.191 e. The lowest BCUT2D eigenvalue weighted by Crippen LogP contribution is -2.46. The third kappa shape index (κ3) is 5.37. The molecule has 1 atom stereocenters. The molecule has 2 N–H and O–H groups in total. The van der Waals surface area contributed by atoms with Crippen LogP contribution in [0.15, 0.2) is 23.3 Å². The maximum Gasteiger partial charge on any atom is 0.191 e. The number of hydrogen-bond donors (Lipinski definition) is 2. The second-order valence-electron chi connectivity index (χ2n) is 6.17. The van der Waals surface area contributed by atoms with Crippen LogP contribution in [-0.2, 0) is 30.9 Å². The molecule has 142 valence electrons. The Hall–Kier alpha value is -1.75. The van der Waals surface area contributed by atoms with Gasteiger partial charge in [0.25, 0.3) is 0 Å². The van der Waals surface area contributed by atoms with E-state index in [0.717, 1.165) is 48.3 Å². The highest BCUT2D eigenvalue weighted by Crippen LogP contribution is 2.13. The maximum atomic E-state index is 5.11. The van der Waals surface area contributed by atoms with Crippen LogP contribution in [-0.4, -0.2) is 45.9 Å². The van der Waals surface area contributed by atoms with Crippen molar-refractivity contribution >= 4 is 29.9 Å². The second kappa shape index (κ2) is 9.81. The van der Waals surface area contributed by atoms with E-state index in [0.29, 0.717) is 13.2 Å². The van der Waals surface area contributed by atoms with Gasteiger partial charge in [0.15, 0.2) is 11.8 Å². The van der Waals surface area contributed by atoms with Gasteiger partial charge in [-0.05, 0) is 25.0 Å². The molecule has 0 saturated carbocycles. The summed E-state index contributed by atoms with van der Waals surface area (Å²) in [6.45, 7) is 3.90. The lowest BCUT2D eigenvalue weighted by atomic mass is 10.1. The number of hydrogen-bond acceptors (Lipinski definition) is 5. The maximum absolute atomic E-state index is 5.11. The van der Waals surface area contributed by atoms with Gasteiger partial charge in [-0.2, -0.15) is 5.10 Å². The summed E-state index contributed by atoms with van der Waals surface area (Å²) in [6, 6.07) is 4.35. The molecule has 1 aliphatic heterocycles. The molecule has 0 spiro atoms. The van der Waals surface area contributed by atoms with Gasteiger partial charge in [-0.3, -0.25) is 9.98 Å². The number of ether oxygens (including phenoxy) is 1. The number of aryl methyl sites for hydroxylation is 2. The van der Waals surface area contributed by atoms with Crippen LogP contribution in [0, 0.1) is 6.92 Å². The molecule has 3 rings (SSSR count). The quantitative estimate of drug-likeness (QED) is 0.390. The van der Waals surface area contributed by atoms with E-state index in [9.17, 15) is 0 Å². The summed E-state index contributed by atoms with van der Waals surface area (Å²) < 4.78 is 7.07. The highest BCUT2D eigenvalue weighted by Gasteiger charge is 2.22. The van der Waals surface area contributed by atoms with Gasteiger partial charge in [0, 0.05) is 45.1 Å². The molecule has 9 heteroatoms. The van der Waals surface area contributed by atoms with E-state index < -0.39 is 0 Å². The Labute approximate surface area is 170 Å². The topological polar surface area (TPSA) is 89.2 Å². The van der Waals surface area contributed by atoms with Gasteiger partial charge in [-0.15, -0.1) is 24.0 Å². The zero-order chi connectivity index (χ0) is 17.6. The monoisotopic (exact) mass is 471 g/mol. The second-order valence-corrected chi connectivity index (χ2v) is 6.17. The summed E-state index contributed by atoms with van der Waals surface area (Å²) >= 11 is 0. The van der Waals surface area contributed by atoms with E-state index in [1.165, 1.54) is 0 Å². The number of nitrogens with one attached hydrogen (secondary N) is 2. The zero-order valence-corrected chi connectivity index (χ0v) is 17.7. The Morgan fingerprint density at radius 2 is 2.27 bits per heavy atom. The predicted octanol–water partition coefficient (Wildman–Crippen LogP) is 1.43. The lowest BCUT2D eigenvalue weighted by molar-refractivity contribution is 0.177. The minimum atomic E-state index is 0. The van der Waals surface area contributed by atoms with E-state index in [2.05, 4.69) is 36.8 Å². The Morgan fingerprint density at radius 3 is 2.96 bits per heavy atom. The van der Waals surface area contributed by atoms with Crippen molar-refractivity contribution in [2.75, 3.05) is 14.2 Å². The van der Waals surface area contributed by atoms with Crippen LogP contribution in [0.2, 0.25) is 0 Å². The van der Waals surface area contributed by atoms with Crippen molar-refractivity contribution in [3.63, 3.8) is 0 Å². The molecule has 0 amide bonds. The standard InChI is InChI=1S/C17H25N7O.HI/c1-12-4-5-13(8-19-12)9-20-17(18-2)21-14-6-7-16-22-15(11-25-3)23-24(16)10-14;/h4-5,8,14H,6-7,9-11H2,1-3H3,(H2,18,20,21);1H. The third-order valence-electron chi connectivity index (χ3n) is 4.17. The molecule has 0 aromatic carbocycles. The van der Waals surface area contributed by atoms with Gasteiger partial charge in [0.2, 0.25) is 0 Å². The SMILES string of the molecule is CN=C(NCc1ccc(C)nc1)NC1CCc2nc(COC)nn2C1.I. The Bertz CT molecular complexity index is 729. The molecule has 0 aliphatic carbocycles. The molecule has 3 heterocycles. The van der Waals surface area contributed by atoms with Crippen molar-refractivity contribution in [3.05, 3.63) is 41.2 Å². The molecule has 0 radical (unpaired) electrons. The summed E-state index contributed by atoms with van der Waals surface area (Å²) in [5.41, 5.74) is 2.14. The van der Waals surface area contributed by atoms with Gasteiger partial charge < -0.3 is 15.4 Å². The highest BCUT2D eigenvalue weighted by atomic mass is 127. The van der Waals surface area contributed by atoms with Crippen molar-refractivity contribution in [1.82, 2.24) is 30.4 Å². The molecule has 0 fully saturated rings. The van der Waals surface area contributed by atoms with Crippen molar-refractivity contribution in [2.45, 2.75) is 45.5 Å². The molecule has 1 aliphatic rings. The fraction of sp³-hybridized carbons (Fsp3) is 0.529. The first-order chi connectivity index (χ1) is 12.2. The van der Waals surface area contributed by atoms with E-state index in [-0.39, 0.29) is 30.0 Å². The summed E-state index contributed by atoms with van der Waals surface area (Å²) in [5, 5.41) is 11.3. The van der Waals surface area contributed by atoms with Crippen molar-refractivity contribution in [1.29, 1.82) is 0 Å². The molecule has 2 aromatic rings. The summed E-state index contributed by atoms with van der Waals surface area (Å²) in [5.74, 6) is 2.55. The highest BCUT2D eigenvalue weighted by molar-refractivity contribution is 14.0. The number of nitrogens with zero attached hydrogens (tertiary/aromatic N) is 5. The van der Waals surface area contributed by atoms with E-state index in [1.54, 1.807) is 14.2 Å². The van der Waals surface area contributed by atoms with E-state index in [4.69, 9.17) is 4.74 Å². The van der Waals surface area contributed by atoms with Crippen molar-refractivity contribution in [3.8, 4) is 0 Å². The van der Waals surface area contributed by atoms with Gasteiger partial charge >= 0.3 is 0 Å². The van der Waals surface area contributed by atoms with Crippen LogP contribution < -0.4 is 10.6 Å². The normalized spacial score (nSPS) is 16.6. The van der Waals surface area contributed by atoms with Gasteiger partial charge in [-0.1, -0.05) is 6.07 Å². The van der Waals surface area contributed by atoms with Crippen molar-refractivity contribution < 1.29 is 4.74 Å². The molecule has 0 bridgehead atoms. The summed E-state index contributed by atoms with van der Waals surface area (Å²) in [7, 11) is 3.44. The molecule has 1 unspecified atom stereocenters. The number of rotatable bonds is 5. The Morgan fingerprint density at radius 1 is 1.42 bits per heavy atom. The van der Waals surface area contributed by atoms with Crippen LogP contribution in [0.25, 0.3) is 0 Å². The molecular formula is C17H26IN7O. The number of guanidine groups is 1. The zero-order valence-electron chi connectivity index (χ0n) is 15.4. The summed E-state index contributed by atoms with van der Waals surface area (Å²) in [4.78, 5) is 13.1. The van der Waals surface area contributed by atoms with E-state index >= 15 is 0 Å². The number of pyridine rings is 1. The average molecular weight is 471 g/mol. The summed E-state index contributed by atoms with van der Waals surface area (Å²) in [6.07, 6.45) is 3.78. The molecule has 26 heavy (non-hydrogen) atoms. The van der Waals surface area contributed by atoms with Crippen LogP contribution in [0.5, 0.6) is 0 Å². The molecule has 2 aromatic heterocycles. The van der Waals surface area contributed by atoms with Crippen LogP contribution in [0.4, 0.5) is 0 Å². The number of aromatic nitrogens is 4. The Balaban J connectivity index is 0.00000243. The van der Waals surface area contributed by atoms with Gasteiger partial charge in [0.1, 0.15) is 12.4 Å². The molecular weight excluding hydrogens is 445 g/mol. The number of fused-ring (bicyclic) bond motifs is 1. The van der Waals surface area contributed by atoms with Crippen LogP contribution in [0.3, 0.4) is 0 Å². The largest absolute Gasteiger partial charge is 0.377 e. The van der Waals surface area contributed by atoms with Gasteiger partial charge in [0.05, 0.1) is 6.54 Å². The fourth-order valence-corrected chi connectivity index (χ4v) is 2.85. The first-order valence-corrected chi connectivity index (χ1v) is 8.48. The van der Waals surface area contributed by atoms with Gasteiger partial charge in [-0.25, -0.2) is 9.67 Å². The first-order valence-electron chi connectivity index (χ1n) is 8.48. The number of methoxy groups -OCH3 is 1. The number of aliphatic imine (C=N–C) groups is 1. The Kier molecular flexibility index (Phi) is 7.76. The number of halogens is 1. The van der Waals surface area contributed by atoms with E-state index in [1.807, 2.05) is 23.9 Å². The minimum Gasteiger partial charge on any atom is -0.377 e. The van der Waals surface area contributed by atoms with Crippen LogP contribution >= 0.6 is 24.0 Å².